The van der Waals surface area contributed by atoms with Crippen LogP contribution >= 0.6 is 0 Å². The number of likely N-dealkylation sites (tertiary alicyclic amines) is 1. The summed E-state index contributed by atoms with van der Waals surface area (Å²) in [6, 6.07) is 14.2. The largest absolute Gasteiger partial charge is 0.466 e. The van der Waals surface area contributed by atoms with Gasteiger partial charge in [-0.1, -0.05) is 18.2 Å². The smallest absolute Gasteiger partial charge is 0.291 e. The zero-order valence-electron chi connectivity index (χ0n) is 15.8. The first-order valence-corrected chi connectivity index (χ1v) is 9.49. The molecule has 0 saturated carbocycles. The van der Waals surface area contributed by atoms with Gasteiger partial charge in [0.15, 0.2) is 6.10 Å². The summed E-state index contributed by atoms with van der Waals surface area (Å²) < 4.78 is 36.1. The quantitative estimate of drug-likeness (QED) is 0.520. The molecule has 7 nitrogen and oxygen atoms in total. The number of hydrogen-bond acceptors (Lipinski definition) is 5. The Bertz CT molecular complexity index is 1240. The highest BCUT2D eigenvalue weighted by Crippen LogP contribution is 2.32. The molecular formula is C21H17F2N5O2. The zero-order valence-corrected chi connectivity index (χ0v) is 15.8. The maximum Gasteiger partial charge on any atom is 0.291 e. The Morgan fingerprint density at radius 2 is 2.00 bits per heavy atom. The van der Waals surface area contributed by atoms with E-state index in [-0.39, 0.29) is 24.8 Å². The van der Waals surface area contributed by atoms with Gasteiger partial charge < -0.3 is 9.64 Å². The zero-order chi connectivity index (χ0) is 20.7. The molecule has 9 heteroatoms. The lowest BCUT2D eigenvalue weighted by atomic mass is 10.0. The van der Waals surface area contributed by atoms with E-state index in [1.165, 1.54) is 21.8 Å². The van der Waals surface area contributed by atoms with Crippen LogP contribution in [0.25, 0.3) is 16.4 Å². The molecule has 0 N–H and O–H groups in total. The Morgan fingerprint density at radius 3 is 2.90 bits per heavy atom. The number of pyridine rings is 1. The van der Waals surface area contributed by atoms with E-state index in [9.17, 15) is 13.6 Å². The second-order valence-corrected chi connectivity index (χ2v) is 7.15. The number of imidazole rings is 1. The lowest BCUT2D eigenvalue weighted by molar-refractivity contribution is -0.131. The fourth-order valence-electron chi connectivity index (χ4n) is 3.56. The van der Waals surface area contributed by atoms with Crippen LogP contribution < -0.4 is 4.74 Å². The highest BCUT2D eigenvalue weighted by molar-refractivity contribution is 5.91. The van der Waals surface area contributed by atoms with Crippen LogP contribution in [0.3, 0.4) is 0 Å². The lowest BCUT2D eigenvalue weighted by Gasteiger charge is -2.37. The summed E-state index contributed by atoms with van der Waals surface area (Å²) >= 11 is 0. The average molecular weight is 409 g/mol. The third-order valence-corrected chi connectivity index (χ3v) is 5.19. The minimum Gasteiger partial charge on any atom is -0.466 e. The highest BCUT2D eigenvalue weighted by atomic mass is 19.3. The van der Waals surface area contributed by atoms with E-state index in [0.717, 1.165) is 5.39 Å². The van der Waals surface area contributed by atoms with Crippen molar-refractivity contribution in [3.63, 3.8) is 0 Å². The Kier molecular flexibility index (Phi) is 4.30. The van der Waals surface area contributed by atoms with Crippen LogP contribution in [0.15, 0.2) is 60.9 Å². The molecule has 0 unspecified atom stereocenters. The molecule has 0 radical (unpaired) electrons. The van der Waals surface area contributed by atoms with Crippen LogP contribution in [-0.2, 0) is 0 Å². The van der Waals surface area contributed by atoms with E-state index in [4.69, 9.17) is 4.74 Å². The third-order valence-electron chi connectivity index (χ3n) is 5.19. The second-order valence-electron chi connectivity index (χ2n) is 7.15. The number of amides is 1. The van der Waals surface area contributed by atoms with E-state index < -0.39 is 24.4 Å². The molecule has 30 heavy (non-hydrogen) atoms. The molecule has 0 bridgehead atoms. The molecule has 1 aliphatic heterocycles. The fraction of sp³-hybridized carbons (Fsp3) is 0.238. The SMILES string of the molecule is O=C(c1ncc2cccnn12)N1CCC(F)(F)[C@@H](Oc2ccc3ccccc3n2)C1. The highest BCUT2D eigenvalue weighted by Gasteiger charge is 2.47. The van der Waals surface area contributed by atoms with Gasteiger partial charge in [0.1, 0.15) is 0 Å². The minimum atomic E-state index is -3.09. The minimum absolute atomic E-state index is 0.0818. The van der Waals surface area contributed by atoms with Gasteiger partial charge in [-0.15, -0.1) is 0 Å². The van der Waals surface area contributed by atoms with Crippen molar-refractivity contribution >= 4 is 22.3 Å². The first-order valence-electron chi connectivity index (χ1n) is 9.49. The molecule has 1 fully saturated rings. The number of aromatic nitrogens is 4. The maximum absolute atomic E-state index is 14.6. The van der Waals surface area contributed by atoms with E-state index in [2.05, 4.69) is 15.1 Å². The van der Waals surface area contributed by atoms with Gasteiger partial charge in [-0.25, -0.2) is 23.3 Å². The van der Waals surface area contributed by atoms with Crippen LogP contribution in [-0.4, -0.2) is 55.5 Å². The summed E-state index contributed by atoms with van der Waals surface area (Å²) in [5.74, 6) is -3.37. The van der Waals surface area contributed by atoms with Crippen molar-refractivity contribution in [3.8, 4) is 5.88 Å². The van der Waals surface area contributed by atoms with Crippen molar-refractivity contribution in [1.29, 1.82) is 0 Å². The number of fused-ring (bicyclic) bond motifs is 2. The fourth-order valence-corrected chi connectivity index (χ4v) is 3.56. The van der Waals surface area contributed by atoms with Crippen LogP contribution in [0.1, 0.15) is 17.0 Å². The van der Waals surface area contributed by atoms with Crippen molar-refractivity contribution in [2.24, 2.45) is 0 Å². The second kappa shape index (κ2) is 7.01. The Labute approximate surface area is 169 Å². The lowest BCUT2D eigenvalue weighted by Crippen LogP contribution is -2.55. The van der Waals surface area contributed by atoms with Crippen LogP contribution in [0.2, 0.25) is 0 Å². The molecule has 3 aromatic heterocycles. The van der Waals surface area contributed by atoms with Crippen molar-refractivity contribution in [2.75, 3.05) is 13.1 Å². The van der Waals surface area contributed by atoms with Crippen molar-refractivity contribution in [2.45, 2.75) is 18.4 Å². The van der Waals surface area contributed by atoms with Gasteiger partial charge >= 0.3 is 0 Å². The average Bonchev–Trinajstić information content (AvgIpc) is 3.19. The number of ether oxygens (including phenoxy) is 1. The van der Waals surface area contributed by atoms with Gasteiger partial charge in [0.25, 0.3) is 11.8 Å². The van der Waals surface area contributed by atoms with Gasteiger partial charge in [-0.3, -0.25) is 4.79 Å². The molecule has 1 atom stereocenters. The van der Waals surface area contributed by atoms with E-state index in [0.29, 0.717) is 11.0 Å². The van der Waals surface area contributed by atoms with Gasteiger partial charge in [-0.05, 0) is 24.3 Å². The summed E-state index contributed by atoms with van der Waals surface area (Å²) in [6.45, 7) is -0.374. The van der Waals surface area contributed by atoms with E-state index in [1.807, 2.05) is 18.2 Å². The number of para-hydroxylation sites is 1. The van der Waals surface area contributed by atoms with Crippen molar-refractivity contribution < 1.29 is 18.3 Å². The number of carbonyl (C=O) groups excluding carboxylic acids is 1. The molecule has 4 heterocycles. The van der Waals surface area contributed by atoms with Crippen LogP contribution in [0, 0.1) is 0 Å². The number of carbonyl (C=O) groups is 1. The molecule has 152 valence electrons. The first kappa shape index (κ1) is 18.4. The number of piperidine rings is 1. The standard InChI is InChI=1S/C21H17F2N5O2/c22-21(23)9-11-27(20(29)19-24-12-15-5-3-10-25-28(15)19)13-17(21)30-18-8-7-14-4-1-2-6-16(14)26-18/h1-8,10,12,17H,9,11,13H2/t17-/m0/s1. The molecular weight excluding hydrogens is 392 g/mol. The number of rotatable bonds is 3. The van der Waals surface area contributed by atoms with Crippen LogP contribution in [0.4, 0.5) is 8.78 Å². The first-order chi connectivity index (χ1) is 14.5. The molecule has 5 rings (SSSR count). The Morgan fingerprint density at radius 1 is 1.13 bits per heavy atom. The molecule has 1 aliphatic rings. The van der Waals surface area contributed by atoms with Gasteiger partial charge in [0, 0.05) is 30.6 Å². The molecule has 1 aromatic carbocycles. The monoisotopic (exact) mass is 409 g/mol. The summed E-state index contributed by atoms with van der Waals surface area (Å²) in [4.78, 5) is 22.7. The third kappa shape index (κ3) is 3.22. The molecule has 0 aliphatic carbocycles. The molecule has 1 saturated heterocycles. The summed E-state index contributed by atoms with van der Waals surface area (Å²) in [5.41, 5.74) is 1.30. The predicted molar refractivity (Wildman–Crippen MR) is 105 cm³/mol. The Balaban J connectivity index is 1.39. The number of alkyl halides is 2. The number of benzene rings is 1. The topological polar surface area (TPSA) is 72.6 Å². The molecule has 4 aromatic rings. The van der Waals surface area contributed by atoms with Crippen LogP contribution in [0.5, 0.6) is 5.88 Å². The van der Waals surface area contributed by atoms with Gasteiger partial charge in [0.2, 0.25) is 11.7 Å². The Hall–Kier alpha value is -3.62. The van der Waals surface area contributed by atoms with E-state index >= 15 is 0 Å². The summed E-state index contributed by atoms with van der Waals surface area (Å²) in [6.07, 6.45) is 1.04. The molecule has 0 spiro atoms. The number of nitrogens with zero attached hydrogens (tertiary/aromatic N) is 5. The van der Waals surface area contributed by atoms with E-state index in [1.54, 1.807) is 30.3 Å². The normalized spacial score (nSPS) is 18.6. The number of halogens is 2. The van der Waals surface area contributed by atoms with Gasteiger partial charge in [-0.2, -0.15) is 5.10 Å². The summed E-state index contributed by atoms with van der Waals surface area (Å²) in [7, 11) is 0. The predicted octanol–water partition coefficient (Wildman–Crippen LogP) is 3.21. The maximum atomic E-state index is 14.6. The molecule has 1 amide bonds. The number of hydrogen-bond donors (Lipinski definition) is 0. The van der Waals surface area contributed by atoms with Gasteiger partial charge in [0.05, 0.1) is 23.8 Å². The summed E-state index contributed by atoms with van der Waals surface area (Å²) in [5, 5.41) is 5.00. The van der Waals surface area contributed by atoms with Crippen molar-refractivity contribution in [1.82, 2.24) is 24.5 Å². The van der Waals surface area contributed by atoms with Crippen molar-refractivity contribution in [3.05, 3.63) is 66.7 Å².